The van der Waals surface area contributed by atoms with Crippen LogP contribution in [0, 0.1) is 5.41 Å². The molecule has 0 aromatic carbocycles. The third-order valence-corrected chi connectivity index (χ3v) is 4.17. The highest BCUT2D eigenvalue weighted by Gasteiger charge is 2.24. The lowest BCUT2D eigenvalue weighted by Crippen LogP contribution is -2.46. The molecule has 0 saturated carbocycles. The number of esters is 1. The van der Waals surface area contributed by atoms with E-state index in [0.29, 0.717) is 13.0 Å². The topological polar surface area (TPSA) is 79.4 Å². The van der Waals surface area contributed by atoms with E-state index in [1.165, 1.54) is 4.90 Å². The Hall–Kier alpha value is -2.56. The van der Waals surface area contributed by atoms with Crippen molar-refractivity contribution in [1.29, 1.82) is 5.41 Å². The summed E-state index contributed by atoms with van der Waals surface area (Å²) in [7, 11) is 1.64. The Morgan fingerprint density at radius 3 is 1.76 bits per heavy atom. The first-order valence-electron chi connectivity index (χ1n) is 10.5. The number of likely N-dealkylation sites (N-methyl/N-ethyl adjacent to an activating group) is 1. The molecule has 0 aliphatic rings. The molecule has 5 nitrogen and oxygen atoms in total. The second-order valence-electron chi connectivity index (χ2n) is 6.55. The van der Waals surface area contributed by atoms with Crippen LogP contribution in [0.2, 0.25) is 0 Å². The van der Waals surface area contributed by atoms with E-state index in [1.54, 1.807) is 14.0 Å². The smallest absolute Gasteiger partial charge is 0.328 e. The average molecular weight is 402 g/mol. The normalized spacial score (nSPS) is 13.3. The number of rotatable bonds is 15. The molecule has 5 heteroatoms. The quantitative estimate of drug-likeness (QED) is 0.169. The van der Waals surface area contributed by atoms with Crippen molar-refractivity contribution in [2.24, 2.45) is 5.73 Å². The van der Waals surface area contributed by atoms with Crippen LogP contribution in [0.25, 0.3) is 0 Å². The Morgan fingerprint density at radius 2 is 1.34 bits per heavy atom. The summed E-state index contributed by atoms with van der Waals surface area (Å²) < 4.78 is 5.07. The van der Waals surface area contributed by atoms with Crippen molar-refractivity contribution >= 4 is 11.9 Å². The molecule has 0 spiro atoms. The number of allylic oxidation sites excluding steroid dienone is 10. The summed E-state index contributed by atoms with van der Waals surface area (Å²) >= 11 is 0. The van der Waals surface area contributed by atoms with E-state index in [4.69, 9.17) is 15.9 Å². The van der Waals surface area contributed by atoms with E-state index < -0.39 is 6.04 Å². The summed E-state index contributed by atoms with van der Waals surface area (Å²) in [6, 6.07) is -0.519. The Morgan fingerprint density at radius 1 is 0.897 bits per heavy atom. The summed E-state index contributed by atoms with van der Waals surface area (Å²) in [5.74, 6) is -0.468. The molecule has 0 amide bonds. The molecule has 0 bridgehead atoms. The minimum atomic E-state index is -0.519. The third-order valence-electron chi connectivity index (χ3n) is 4.17. The fourth-order valence-corrected chi connectivity index (χ4v) is 2.50. The van der Waals surface area contributed by atoms with Crippen molar-refractivity contribution in [2.75, 3.05) is 13.7 Å². The minimum absolute atomic E-state index is 0.133. The fourth-order valence-electron chi connectivity index (χ4n) is 2.50. The van der Waals surface area contributed by atoms with Crippen LogP contribution in [0.4, 0.5) is 0 Å². The van der Waals surface area contributed by atoms with Gasteiger partial charge in [0, 0.05) is 7.05 Å². The second-order valence-corrected chi connectivity index (χ2v) is 6.55. The molecule has 1 unspecified atom stereocenters. The zero-order valence-corrected chi connectivity index (χ0v) is 18.3. The van der Waals surface area contributed by atoms with Gasteiger partial charge in [0.05, 0.1) is 6.61 Å². The van der Waals surface area contributed by atoms with E-state index >= 15 is 0 Å². The molecular weight excluding hydrogens is 362 g/mol. The summed E-state index contributed by atoms with van der Waals surface area (Å²) in [6.07, 6.45) is 27.7. The molecular formula is C24H39N3O2. The monoisotopic (exact) mass is 401 g/mol. The number of hydrogen-bond acceptors (Lipinski definition) is 3. The van der Waals surface area contributed by atoms with E-state index in [0.717, 1.165) is 38.5 Å². The van der Waals surface area contributed by atoms with Crippen molar-refractivity contribution < 1.29 is 9.53 Å². The number of ether oxygens (including phenoxy) is 1. The number of nitrogens with zero attached hydrogens (tertiary/aromatic N) is 1. The highest BCUT2D eigenvalue weighted by Crippen LogP contribution is 2.08. The molecule has 0 aromatic heterocycles. The molecule has 0 rings (SSSR count). The van der Waals surface area contributed by atoms with Gasteiger partial charge < -0.3 is 15.4 Å². The van der Waals surface area contributed by atoms with Crippen LogP contribution in [-0.4, -0.2) is 36.5 Å². The maximum atomic E-state index is 12.0. The van der Waals surface area contributed by atoms with Gasteiger partial charge in [-0.25, -0.2) is 4.79 Å². The number of hydrogen-bond donors (Lipinski definition) is 2. The van der Waals surface area contributed by atoms with Gasteiger partial charge in [0.2, 0.25) is 0 Å². The van der Waals surface area contributed by atoms with Crippen LogP contribution < -0.4 is 5.73 Å². The minimum Gasteiger partial charge on any atom is -0.464 e. The third kappa shape index (κ3) is 15.1. The summed E-state index contributed by atoms with van der Waals surface area (Å²) in [4.78, 5) is 13.5. The second kappa shape index (κ2) is 18.8. The van der Waals surface area contributed by atoms with Crippen LogP contribution in [0.15, 0.2) is 60.8 Å². The van der Waals surface area contributed by atoms with E-state index in [-0.39, 0.29) is 11.9 Å². The SMILES string of the molecule is CC/C=C\C/C=C\C/C=C\C/C=C\C/C=C\CCC(C(=O)OCC)N(C)C(=N)N. The Balaban J connectivity index is 4.03. The highest BCUT2D eigenvalue weighted by molar-refractivity contribution is 5.83. The Labute approximate surface area is 177 Å². The van der Waals surface area contributed by atoms with Crippen LogP contribution in [0.3, 0.4) is 0 Å². The van der Waals surface area contributed by atoms with Gasteiger partial charge in [0.25, 0.3) is 0 Å². The van der Waals surface area contributed by atoms with Crippen molar-refractivity contribution in [3.05, 3.63) is 60.8 Å². The highest BCUT2D eigenvalue weighted by atomic mass is 16.5. The number of nitrogens with two attached hydrogens (primary N) is 1. The molecule has 0 aromatic rings. The van der Waals surface area contributed by atoms with Gasteiger partial charge in [-0.3, -0.25) is 5.41 Å². The van der Waals surface area contributed by atoms with E-state index in [1.807, 2.05) is 0 Å². The zero-order valence-electron chi connectivity index (χ0n) is 18.3. The van der Waals surface area contributed by atoms with Crippen LogP contribution in [0.5, 0.6) is 0 Å². The molecule has 0 heterocycles. The van der Waals surface area contributed by atoms with Crippen molar-refractivity contribution in [3.63, 3.8) is 0 Å². The number of carbonyl (C=O) groups is 1. The molecule has 1 atom stereocenters. The van der Waals surface area contributed by atoms with Gasteiger partial charge in [0.1, 0.15) is 6.04 Å². The molecule has 29 heavy (non-hydrogen) atoms. The van der Waals surface area contributed by atoms with Crippen molar-refractivity contribution in [1.82, 2.24) is 4.90 Å². The lowest BCUT2D eigenvalue weighted by molar-refractivity contribution is -0.147. The average Bonchev–Trinajstić information content (AvgIpc) is 2.70. The molecule has 162 valence electrons. The van der Waals surface area contributed by atoms with Gasteiger partial charge >= 0.3 is 5.97 Å². The Kier molecular flexibility index (Phi) is 17.1. The molecule has 0 aliphatic carbocycles. The number of guanidine groups is 1. The van der Waals surface area contributed by atoms with Gasteiger partial charge in [-0.1, -0.05) is 67.7 Å². The van der Waals surface area contributed by atoms with Gasteiger partial charge in [-0.15, -0.1) is 0 Å². The molecule has 3 N–H and O–H groups in total. The lowest BCUT2D eigenvalue weighted by atomic mass is 10.1. The largest absolute Gasteiger partial charge is 0.464 e. The number of nitrogens with one attached hydrogen (secondary N) is 1. The van der Waals surface area contributed by atoms with Crippen LogP contribution >= 0.6 is 0 Å². The van der Waals surface area contributed by atoms with Gasteiger partial charge in [0.15, 0.2) is 5.96 Å². The zero-order chi connectivity index (χ0) is 21.7. The first-order valence-corrected chi connectivity index (χ1v) is 10.5. The summed E-state index contributed by atoms with van der Waals surface area (Å²) in [5, 5.41) is 7.51. The molecule has 0 fully saturated rings. The maximum absolute atomic E-state index is 12.0. The van der Waals surface area contributed by atoms with Crippen LogP contribution in [-0.2, 0) is 9.53 Å². The first kappa shape index (κ1) is 26.4. The Bertz CT molecular complexity index is 589. The standard InChI is InChI=1S/C24H39N3O2/c1-4-6-7-8-9-10-11-12-13-14-15-16-17-18-19-20-21-22(23(28)29-5-2)27(3)24(25)26/h6-7,9-10,12-13,15-16,18-19,22H,4-5,8,11,14,17,20-21H2,1-3H3,(H3,25,26)/b7-6-,10-9-,13-12-,16-15-,19-18-. The predicted octanol–water partition coefficient (Wildman–Crippen LogP) is 5.27. The van der Waals surface area contributed by atoms with E-state index in [2.05, 4.69) is 67.7 Å². The van der Waals surface area contributed by atoms with Gasteiger partial charge in [-0.2, -0.15) is 0 Å². The van der Waals surface area contributed by atoms with Crippen molar-refractivity contribution in [2.45, 2.75) is 64.8 Å². The maximum Gasteiger partial charge on any atom is 0.328 e. The lowest BCUT2D eigenvalue weighted by Gasteiger charge is -2.26. The molecule has 0 radical (unpaired) electrons. The van der Waals surface area contributed by atoms with Gasteiger partial charge in [-0.05, 0) is 51.9 Å². The van der Waals surface area contributed by atoms with Crippen LogP contribution in [0.1, 0.15) is 58.8 Å². The predicted molar refractivity (Wildman–Crippen MR) is 124 cm³/mol. The summed E-state index contributed by atoms with van der Waals surface area (Å²) in [5.41, 5.74) is 5.49. The number of carbonyl (C=O) groups excluding carboxylic acids is 1. The molecule has 0 saturated heterocycles. The summed E-state index contributed by atoms with van der Waals surface area (Å²) in [6.45, 7) is 4.24. The first-order chi connectivity index (χ1) is 14.0. The molecule has 0 aliphatic heterocycles. The van der Waals surface area contributed by atoms with E-state index in [9.17, 15) is 4.79 Å². The fraction of sp³-hybridized carbons (Fsp3) is 0.500. The van der Waals surface area contributed by atoms with Crippen molar-refractivity contribution in [3.8, 4) is 0 Å².